The highest BCUT2D eigenvalue weighted by molar-refractivity contribution is 5.34. The first-order valence-corrected chi connectivity index (χ1v) is 8.06. The summed E-state index contributed by atoms with van der Waals surface area (Å²) in [6, 6.07) is 12.3. The minimum Gasteiger partial charge on any atom is -0.317 e. The molecule has 3 rings (SSSR count). The van der Waals surface area contributed by atoms with Crippen molar-refractivity contribution in [3.05, 3.63) is 52.8 Å². The van der Waals surface area contributed by atoms with Crippen LogP contribution in [-0.2, 0) is 13.0 Å². The van der Waals surface area contributed by atoms with Crippen LogP contribution in [0.3, 0.4) is 0 Å². The van der Waals surface area contributed by atoms with Crippen LogP contribution in [0.2, 0.25) is 0 Å². The third-order valence-corrected chi connectivity index (χ3v) is 4.36. The minimum absolute atomic E-state index is 0.618. The number of nitriles is 1. The molecule has 0 radical (unpaired) electrons. The van der Waals surface area contributed by atoms with E-state index in [2.05, 4.69) is 35.1 Å². The van der Waals surface area contributed by atoms with Gasteiger partial charge in [-0.3, -0.25) is 4.68 Å². The molecule has 1 N–H and O–H groups in total. The molecule has 2 aromatic rings. The highest BCUT2D eigenvalue weighted by atomic mass is 15.3. The number of rotatable bonds is 4. The average molecular weight is 294 g/mol. The molecule has 4 nitrogen and oxygen atoms in total. The molecule has 1 aromatic carbocycles. The van der Waals surface area contributed by atoms with E-state index in [0.717, 1.165) is 37.3 Å². The van der Waals surface area contributed by atoms with Gasteiger partial charge in [-0.2, -0.15) is 10.4 Å². The third kappa shape index (κ3) is 3.20. The summed E-state index contributed by atoms with van der Waals surface area (Å²) in [4.78, 5) is 0. The lowest BCUT2D eigenvalue weighted by atomic mass is 9.94. The van der Waals surface area contributed by atoms with Crippen molar-refractivity contribution in [2.24, 2.45) is 0 Å². The van der Waals surface area contributed by atoms with E-state index in [0.29, 0.717) is 11.5 Å². The van der Waals surface area contributed by atoms with Gasteiger partial charge in [-0.05, 0) is 56.6 Å². The van der Waals surface area contributed by atoms with Crippen LogP contribution in [0, 0.1) is 11.3 Å². The zero-order valence-electron chi connectivity index (χ0n) is 13.0. The second-order valence-corrected chi connectivity index (χ2v) is 5.89. The second-order valence-electron chi connectivity index (χ2n) is 5.89. The summed E-state index contributed by atoms with van der Waals surface area (Å²) >= 11 is 0. The number of hydrogen-bond donors (Lipinski definition) is 1. The van der Waals surface area contributed by atoms with Gasteiger partial charge in [-0.1, -0.05) is 12.1 Å². The first kappa shape index (κ1) is 14.8. The van der Waals surface area contributed by atoms with Crippen molar-refractivity contribution in [1.82, 2.24) is 15.1 Å². The summed E-state index contributed by atoms with van der Waals surface area (Å²) in [7, 11) is 0. The molecule has 0 aliphatic carbocycles. The predicted octanol–water partition coefficient (Wildman–Crippen LogP) is 2.83. The SMILES string of the molecule is CCn1nc(Cc2cccc(C#N)c2)cc1C1CCNCC1. The van der Waals surface area contributed by atoms with Crippen LogP contribution in [0.4, 0.5) is 0 Å². The Morgan fingerprint density at radius 2 is 2.14 bits per heavy atom. The van der Waals surface area contributed by atoms with Gasteiger partial charge in [-0.25, -0.2) is 0 Å². The van der Waals surface area contributed by atoms with Crippen LogP contribution in [-0.4, -0.2) is 22.9 Å². The maximum atomic E-state index is 9.01. The van der Waals surface area contributed by atoms with Gasteiger partial charge in [0, 0.05) is 24.6 Å². The quantitative estimate of drug-likeness (QED) is 0.943. The van der Waals surface area contributed by atoms with E-state index in [-0.39, 0.29) is 0 Å². The van der Waals surface area contributed by atoms with Crippen LogP contribution in [0.15, 0.2) is 30.3 Å². The molecule has 0 amide bonds. The fourth-order valence-electron chi connectivity index (χ4n) is 3.23. The third-order valence-electron chi connectivity index (χ3n) is 4.36. The number of nitrogens with one attached hydrogen (secondary N) is 1. The lowest BCUT2D eigenvalue weighted by Crippen LogP contribution is -2.27. The van der Waals surface area contributed by atoms with Crippen molar-refractivity contribution in [2.75, 3.05) is 13.1 Å². The first-order chi connectivity index (χ1) is 10.8. The van der Waals surface area contributed by atoms with E-state index in [4.69, 9.17) is 10.4 Å². The van der Waals surface area contributed by atoms with Crippen LogP contribution in [0.25, 0.3) is 0 Å². The molecule has 1 aliphatic heterocycles. The molecule has 2 heterocycles. The van der Waals surface area contributed by atoms with Gasteiger partial charge in [0.15, 0.2) is 0 Å². The summed E-state index contributed by atoms with van der Waals surface area (Å²) in [5, 5.41) is 17.2. The Balaban J connectivity index is 1.82. The van der Waals surface area contributed by atoms with Crippen molar-refractivity contribution >= 4 is 0 Å². The number of aryl methyl sites for hydroxylation is 1. The van der Waals surface area contributed by atoms with Gasteiger partial charge in [0.1, 0.15) is 0 Å². The van der Waals surface area contributed by atoms with E-state index in [1.807, 2.05) is 18.2 Å². The van der Waals surface area contributed by atoms with Crippen LogP contribution < -0.4 is 5.32 Å². The summed E-state index contributed by atoms with van der Waals surface area (Å²) in [5.74, 6) is 0.618. The zero-order valence-corrected chi connectivity index (χ0v) is 13.0. The Hall–Kier alpha value is -2.12. The molecule has 22 heavy (non-hydrogen) atoms. The molecule has 0 unspecified atom stereocenters. The lowest BCUT2D eigenvalue weighted by molar-refractivity contribution is 0.432. The number of benzene rings is 1. The van der Waals surface area contributed by atoms with Crippen molar-refractivity contribution in [2.45, 2.75) is 38.6 Å². The van der Waals surface area contributed by atoms with Crippen molar-refractivity contribution in [1.29, 1.82) is 5.26 Å². The number of nitrogens with zero attached hydrogens (tertiary/aromatic N) is 3. The normalized spacial score (nSPS) is 15.6. The Morgan fingerprint density at radius 3 is 2.86 bits per heavy atom. The summed E-state index contributed by atoms with van der Waals surface area (Å²) in [6.07, 6.45) is 3.17. The molecule has 0 bridgehead atoms. The molecule has 1 aromatic heterocycles. The number of piperidine rings is 1. The van der Waals surface area contributed by atoms with Crippen LogP contribution in [0.5, 0.6) is 0 Å². The Morgan fingerprint density at radius 1 is 1.32 bits per heavy atom. The Labute approximate surface area is 131 Å². The van der Waals surface area contributed by atoms with Gasteiger partial charge in [0.25, 0.3) is 0 Å². The number of aromatic nitrogens is 2. The molecule has 114 valence electrons. The predicted molar refractivity (Wildman–Crippen MR) is 86.7 cm³/mol. The molecular formula is C18H22N4. The van der Waals surface area contributed by atoms with Gasteiger partial charge in [0.05, 0.1) is 17.3 Å². The molecule has 0 saturated carbocycles. The van der Waals surface area contributed by atoms with Crippen LogP contribution in [0.1, 0.15) is 48.2 Å². The van der Waals surface area contributed by atoms with E-state index in [9.17, 15) is 0 Å². The topological polar surface area (TPSA) is 53.6 Å². The Kier molecular flexibility index (Phi) is 4.55. The maximum absolute atomic E-state index is 9.01. The van der Waals surface area contributed by atoms with Crippen LogP contribution >= 0.6 is 0 Å². The highest BCUT2D eigenvalue weighted by Gasteiger charge is 2.20. The van der Waals surface area contributed by atoms with Crippen molar-refractivity contribution < 1.29 is 0 Å². The van der Waals surface area contributed by atoms with E-state index in [1.54, 1.807) is 0 Å². The van der Waals surface area contributed by atoms with E-state index >= 15 is 0 Å². The zero-order chi connectivity index (χ0) is 15.4. The van der Waals surface area contributed by atoms with Gasteiger partial charge >= 0.3 is 0 Å². The monoisotopic (exact) mass is 294 g/mol. The number of hydrogen-bond acceptors (Lipinski definition) is 3. The second kappa shape index (κ2) is 6.76. The molecule has 1 saturated heterocycles. The fraction of sp³-hybridized carbons (Fsp3) is 0.444. The summed E-state index contributed by atoms with van der Waals surface area (Å²) in [6.45, 7) is 5.26. The lowest BCUT2D eigenvalue weighted by Gasteiger charge is -2.23. The smallest absolute Gasteiger partial charge is 0.0991 e. The summed E-state index contributed by atoms with van der Waals surface area (Å²) in [5.41, 5.74) is 4.34. The molecule has 0 spiro atoms. The van der Waals surface area contributed by atoms with Crippen molar-refractivity contribution in [3.8, 4) is 6.07 Å². The van der Waals surface area contributed by atoms with Gasteiger partial charge in [0.2, 0.25) is 0 Å². The first-order valence-electron chi connectivity index (χ1n) is 8.06. The fourth-order valence-corrected chi connectivity index (χ4v) is 3.23. The Bertz CT molecular complexity index is 675. The highest BCUT2D eigenvalue weighted by Crippen LogP contribution is 2.26. The average Bonchev–Trinajstić information content (AvgIpc) is 2.98. The van der Waals surface area contributed by atoms with Gasteiger partial charge < -0.3 is 5.32 Å². The summed E-state index contributed by atoms with van der Waals surface area (Å²) < 4.78 is 2.15. The van der Waals surface area contributed by atoms with Gasteiger partial charge in [-0.15, -0.1) is 0 Å². The molecule has 4 heteroatoms. The maximum Gasteiger partial charge on any atom is 0.0991 e. The molecule has 1 aliphatic rings. The van der Waals surface area contributed by atoms with E-state index in [1.165, 1.54) is 18.5 Å². The molecule has 0 atom stereocenters. The largest absolute Gasteiger partial charge is 0.317 e. The standard InChI is InChI=1S/C18H22N4/c1-2-22-18(16-6-8-20-9-7-16)12-17(21-22)11-14-4-3-5-15(10-14)13-19/h3-5,10,12,16,20H,2,6-9,11H2,1H3. The minimum atomic E-state index is 0.618. The molecule has 1 fully saturated rings. The van der Waals surface area contributed by atoms with E-state index < -0.39 is 0 Å². The van der Waals surface area contributed by atoms with Crippen molar-refractivity contribution in [3.63, 3.8) is 0 Å². The molecular weight excluding hydrogens is 272 g/mol.